The fourth-order valence-electron chi connectivity index (χ4n) is 4.35. The van der Waals surface area contributed by atoms with Gasteiger partial charge in [-0.2, -0.15) is 10.4 Å². The van der Waals surface area contributed by atoms with Crippen LogP contribution in [-0.2, 0) is 0 Å². The van der Waals surface area contributed by atoms with Crippen molar-refractivity contribution in [3.05, 3.63) is 42.4 Å². The highest BCUT2D eigenvalue weighted by atomic mass is 16.5. The summed E-state index contributed by atoms with van der Waals surface area (Å²) < 4.78 is 7.39. The maximum absolute atomic E-state index is 9.51. The summed E-state index contributed by atoms with van der Waals surface area (Å²) in [6.07, 6.45) is 7.11. The lowest BCUT2D eigenvalue weighted by atomic mass is 9.88. The number of rotatable bonds is 6. The van der Waals surface area contributed by atoms with Crippen LogP contribution in [0.1, 0.15) is 25.3 Å². The number of hydrogen-bond acceptors (Lipinski definition) is 7. The van der Waals surface area contributed by atoms with Crippen LogP contribution in [0.25, 0.3) is 16.6 Å². The van der Waals surface area contributed by atoms with E-state index in [1.165, 1.54) is 0 Å². The molecule has 4 rings (SSSR count). The lowest BCUT2D eigenvalue weighted by molar-refractivity contribution is 0.240. The van der Waals surface area contributed by atoms with Crippen LogP contribution in [0.3, 0.4) is 0 Å². The average molecular weight is 420 g/mol. The number of piperidine rings is 1. The van der Waals surface area contributed by atoms with Crippen LogP contribution >= 0.6 is 0 Å². The van der Waals surface area contributed by atoms with Gasteiger partial charge in [0.2, 0.25) is 0 Å². The van der Waals surface area contributed by atoms with Crippen molar-refractivity contribution in [3.63, 3.8) is 0 Å². The maximum atomic E-state index is 9.51. The van der Waals surface area contributed by atoms with Crippen LogP contribution in [0, 0.1) is 11.3 Å². The van der Waals surface area contributed by atoms with Gasteiger partial charge in [-0.1, -0.05) is 0 Å². The van der Waals surface area contributed by atoms with Gasteiger partial charge >= 0.3 is 0 Å². The zero-order valence-electron chi connectivity index (χ0n) is 18.4. The minimum Gasteiger partial charge on any atom is -0.492 e. The number of nitrogens with two attached hydrogens (primary N) is 1. The molecule has 0 radical (unpaired) electrons. The molecule has 0 bridgehead atoms. The van der Waals surface area contributed by atoms with Crippen LogP contribution in [-0.4, -0.2) is 65.4 Å². The standard InChI is InChI=1S/C23H29N7O/c1-4-31-19-11-20(22-18(12-24)14-27-30(22)15-19)17-5-6-21(26-13-17)29-9-7-23(25,8-10-29)16-28(2)3/h5-6,11,13-15H,4,7-10,16,25H2,1-3H3. The van der Waals surface area contributed by atoms with Gasteiger partial charge in [-0.25, -0.2) is 9.50 Å². The number of ether oxygens (including phenoxy) is 1. The number of likely N-dealkylation sites (N-methyl/N-ethyl adjacent to an activating group) is 1. The molecule has 1 saturated heterocycles. The molecule has 0 aromatic carbocycles. The van der Waals surface area contributed by atoms with Crippen molar-refractivity contribution in [3.8, 4) is 22.9 Å². The third-order valence-corrected chi connectivity index (χ3v) is 5.79. The van der Waals surface area contributed by atoms with Gasteiger partial charge in [-0.3, -0.25) is 0 Å². The highest BCUT2D eigenvalue weighted by Gasteiger charge is 2.31. The fourth-order valence-corrected chi connectivity index (χ4v) is 4.35. The predicted molar refractivity (Wildman–Crippen MR) is 121 cm³/mol. The van der Waals surface area contributed by atoms with E-state index in [1.54, 1.807) is 16.9 Å². The first kappa shape index (κ1) is 21.1. The van der Waals surface area contributed by atoms with Gasteiger partial charge in [-0.15, -0.1) is 0 Å². The van der Waals surface area contributed by atoms with Crippen LogP contribution in [0.15, 0.2) is 36.8 Å². The minimum absolute atomic E-state index is 0.138. The molecule has 8 nitrogen and oxygen atoms in total. The molecular weight excluding hydrogens is 390 g/mol. The topological polar surface area (TPSA) is 95.7 Å². The van der Waals surface area contributed by atoms with E-state index in [1.807, 2.05) is 31.3 Å². The number of hydrogen-bond donors (Lipinski definition) is 1. The first-order valence-electron chi connectivity index (χ1n) is 10.6. The summed E-state index contributed by atoms with van der Waals surface area (Å²) in [5.74, 6) is 1.65. The summed E-state index contributed by atoms with van der Waals surface area (Å²) in [6, 6.07) is 8.26. The van der Waals surface area contributed by atoms with Gasteiger partial charge in [-0.05, 0) is 52.1 Å². The van der Waals surface area contributed by atoms with E-state index in [0.29, 0.717) is 17.9 Å². The molecule has 1 fully saturated rings. The Balaban J connectivity index is 1.60. The van der Waals surface area contributed by atoms with E-state index in [2.05, 4.69) is 35.1 Å². The number of nitrogens with zero attached hydrogens (tertiary/aromatic N) is 6. The van der Waals surface area contributed by atoms with Crippen molar-refractivity contribution >= 4 is 11.3 Å². The third kappa shape index (κ3) is 4.33. The zero-order valence-corrected chi connectivity index (χ0v) is 18.4. The lowest BCUT2D eigenvalue weighted by Gasteiger charge is -2.41. The number of anilines is 1. The quantitative estimate of drug-likeness (QED) is 0.656. The average Bonchev–Trinajstić information content (AvgIpc) is 3.16. The number of fused-ring (bicyclic) bond motifs is 1. The Kier molecular flexibility index (Phi) is 5.81. The molecule has 3 aromatic rings. The van der Waals surface area contributed by atoms with Crippen molar-refractivity contribution in [1.29, 1.82) is 5.26 Å². The Morgan fingerprint density at radius 1 is 1.26 bits per heavy atom. The van der Waals surface area contributed by atoms with E-state index < -0.39 is 0 Å². The second kappa shape index (κ2) is 8.53. The summed E-state index contributed by atoms with van der Waals surface area (Å²) in [5, 5.41) is 13.8. The van der Waals surface area contributed by atoms with Crippen LogP contribution in [0.5, 0.6) is 5.75 Å². The molecule has 0 amide bonds. The molecular formula is C23H29N7O. The highest BCUT2D eigenvalue weighted by molar-refractivity contribution is 5.85. The molecule has 0 spiro atoms. The van der Waals surface area contributed by atoms with Gasteiger partial charge < -0.3 is 20.3 Å². The Labute approximate surface area is 182 Å². The van der Waals surface area contributed by atoms with Crippen LogP contribution in [0.2, 0.25) is 0 Å². The van der Waals surface area contributed by atoms with E-state index in [4.69, 9.17) is 15.5 Å². The molecule has 0 unspecified atom stereocenters. The molecule has 8 heteroatoms. The molecule has 31 heavy (non-hydrogen) atoms. The monoisotopic (exact) mass is 419 g/mol. The van der Waals surface area contributed by atoms with Gasteiger partial charge in [0.1, 0.15) is 17.6 Å². The second-order valence-corrected chi connectivity index (χ2v) is 8.48. The van der Waals surface area contributed by atoms with Crippen molar-refractivity contribution in [1.82, 2.24) is 19.5 Å². The SMILES string of the molecule is CCOc1cc(-c2ccc(N3CCC(N)(CN(C)C)CC3)nc2)c2c(C#N)cnn2c1. The van der Waals surface area contributed by atoms with E-state index in [9.17, 15) is 5.26 Å². The third-order valence-electron chi connectivity index (χ3n) is 5.79. The first-order chi connectivity index (χ1) is 14.9. The van der Waals surface area contributed by atoms with Gasteiger partial charge in [0.05, 0.1) is 30.1 Å². The van der Waals surface area contributed by atoms with Crippen molar-refractivity contribution in [2.24, 2.45) is 5.73 Å². The second-order valence-electron chi connectivity index (χ2n) is 8.48. The summed E-state index contributed by atoms with van der Waals surface area (Å²) in [7, 11) is 4.13. The van der Waals surface area contributed by atoms with Gasteiger partial charge in [0, 0.05) is 42.5 Å². The van der Waals surface area contributed by atoms with Crippen LogP contribution in [0.4, 0.5) is 5.82 Å². The largest absolute Gasteiger partial charge is 0.492 e. The molecule has 2 N–H and O–H groups in total. The zero-order chi connectivity index (χ0) is 22.0. The summed E-state index contributed by atoms with van der Waals surface area (Å²) in [4.78, 5) is 9.18. The Morgan fingerprint density at radius 2 is 2.03 bits per heavy atom. The summed E-state index contributed by atoms with van der Waals surface area (Å²) in [5.41, 5.74) is 9.52. The lowest BCUT2D eigenvalue weighted by Crippen LogP contribution is -2.55. The highest BCUT2D eigenvalue weighted by Crippen LogP contribution is 2.32. The molecule has 0 saturated carbocycles. The molecule has 3 aromatic heterocycles. The van der Waals surface area contributed by atoms with E-state index >= 15 is 0 Å². The molecule has 1 aliphatic rings. The molecule has 162 valence electrons. The van der Waals surface area contributed by atoms with Crippen LogP contribution < -0.4 is 15.4 Å². The van der Waals surface area contributed by atoms with Crippen molar-refractivity contribution in [2.75, 3.05) is 45.2 Å². The molecule has 1 aliphatic heterocycles. The summed E-state index contributed by atoms with van der Waals surface area (Å²) in [6.45, 7) is 5.17. The fraction of sp³-hybridized carbons (Fsp3) is 0.435. The Bertz CT molecular complexity index is 1090. The van der Waals surface area contributed by atoms with Gasteiger partial charge in [0.15, 0.2) is 0 Å². The van der Waals surface area contributed by atoms with Crippen molar-refractivity contribution < 1.29 is 4.74 Å². The number of aromatic nitrogens is 3. The van der Waals surface area contributed by atoms with E-state index in [-0.39, 0.29) is 5.54 Å². The smallest absolute Gasteiger partial charge is 0.138 e. The summed E-state index contributed by atoms with van der Waals surface area (Å²) >= 11 is 0. The molecule has 0 aliphatic carbocycles. The molecule has 4 heterocycles. The molecule has 0 atom stereocenters. The normalized spacial score (nSPS) is 15.9. The minimum atomic E-state index is -0.138. The Morgan fingerprint density at radius 3 is 2.65 bits per heavy atom. The number of nitriles is 1. The predicted octanol–water partition coefficient (Wildman–Crippen LogP) is 2.53. The van der Waals surface area contributed by atoms with Crippen molar-refractivity contribution in [2.45, 2.75) is 25.3 Å². The maximum Gasteiger partial charge on any atom is 0.138 e. The van der Waals surface area contributed by atoms with Gasteiger partial charge in [0.25, 0.3) is 0 Å². The Hall–Kier alpha value is -3.15. The number of pyridine rings is 2. The van der Waals surface area contributed by atoms with E-state index in [0.717, 1.165) is 54.9 Å². The first-order valence-corrected chi connectivity index (χ1v) is 10.6.